The maximum Gasteiger partial charge on any atom is 0.161 e. The number of hydrogen-bond donors (Lipinski definition) is 0. The van der Waals surface area contributed by atoms with Crippen LogP contribution in [-0.2, 0) is 6.54 Å². The van der Waals surface area contributed by atoms with Gasteiger partial charge < -0.3 is 19.3 Å². The predicted octanol–water partition coefficient (Wildman–Crippen LogP) is 2.46. The van der Waals surface area contributed by atoms with Crippen LogP contribution in [0.4, 0.5) is 0 Å². The molecule has 0 amide bonds. The van der Waals surface area contributed by atoms with Crippen LogP contribution in [0.25, 0.3) is 0 Å². The van der Waals surface area contributed by atoms with Gasteiger partial charge in [0.1, 0.15) is 0 Å². The highest BCUT2D eigenvalue weighted by atomic mass is 79.9. The third-order valence-corrected chi connectivity index (χ3v) is 2.77. The van der Waals surface area contributed by atoms with Gasteiger partial charge in [-0.2, -0.15) is 0 Å². The molecule has 0 N–H and O–H groups in total. The van der Waals surface area contributed by atoms with Crippen molar-refractivity contribution in [3.63, 3.8) is 0 Å². The molecule has 4 nitrogen and oxygen atoms in total. The van der Waals surface area contributed by atoms with Gasteiger partial charge in [-0.15, -0.1) is 17.0 Å². The third-order valence-electron chi connectivity index (χ3n) is 2.77. The van der Waals surface area contributed by atoms with Gasteiger partial charge in [-0.05, 0) is 17.7 Å². The van der Waals surface area contributed by atoms with Crippen LogP contribution in [0.5, 0.6) is 11.5 Å². The SMILES string of the molecule is Br.COc1ccc(CN2C=CN(C)C2)cc1OC. The summed E-state index contributed by atoms with van der Waals surface area (Å²) in [6.45, 7) is 1.80. The van der Waals surface area contributed by atoms with Crippen LogP contribution in [-0.4, -0.2) is 37.7 Å². The van der Waals surface area contributed by atoms with E-state index in [0.29, 0.717) is 0 Å². The maximum absolute atomic E-state index is 5.29. The monoisotopic (exact) mass is 314 g/mol. The third kappa shape index (κ3) is 3.32. The summed E-state index contributed by atoms with van der Waals surface area (Å²) in [5.74, 6) is 1.55. The molecule has 18 heavy (non-hydrogen) atoms. The van der Waals surface area contributed by atoms with Crippen molar-refractivity contribution >= 4 is 17.0 Å². The van der Waals surface area contributed by atoms with Gasteiger partial charge in [0.2, 0.25) is 0 Å². The Kier molecular flexibility index (Phi) is 5.34. The first-order valence-electron chi connectivity index (χ1n) is 5.56. The lowest BCUT2D eigenvalue weighted by Crippen LogP contribution is -2.21. The fraction of sp³-hybridized carbons (Fsp3) is 0.385. The molecule has 2 rings (SSSR count). The summed E-state index contributed by atoms with van der Waals surface area (Å²) in [6.07, 6.45) is 4.16. The van der Waals surface area contributed by atoms with Gasteiger partial charge in [0.05, 0.1) is 20.9 Å². The molecule has 0 aliphatic carbocycles. The fourth-order valence-electron chi connectivity index (χ4n) is 1.91. The fourth-order valence-corrected chi connectivity index (χ4v) is 1.91. The molecule has 0 unspecified atom stereocenters. The molecular weight excluding hydrogens is 296 g/mol. The van der Waals surface area contributed by atoms with Crippen LogP contribution in [0.3, 0.4) is 0 Å². The lowest BCUT2D eigenvalue weighted by atomic mass is 10.2. The van der Waals surface area contributed by atoms with Crippen molar-refractivity contribution in [2.24, 2.45) is 0 Å². The minimum Gasteiger partial charge on any atom is -0.493 e. The van der Waals surface area contributed by atoms with E-state index >= 15 is 0 Å². The Bertz CT molecular complexity index is 423. The van der Waals surface area contributed by atoms with E-state index in [1.165, 1.54) is 5.56 Å². The average molecular weight is 315 g/mol. The summed E-state index contributed by atoms with van der Waals surface area (Å²) in [4.78, 5) is 4.38. The average Bonchev–Trinajstić information content (AvgIpc) is 2.74. The van der Waals surface area contributed by atoms with Gasteiger partial charge in [-0.1, -0.05) is 6.07 Å². The van der Waals surface area contributed by atoms with Crippen LogP contribution in [0.2, 0.25) is 0 Å². The number of benzene rings is 1. The van der Waals surface area contributed by atoms with Crippen molar-refractivity contribution in [2.75, 3.05) is 27.9 Å². The number of ether oxygens (including phenoxy) is 2. The number of methoxy groups -OCH3 is 2. The molecule has 1 aromatic carbocycles. The lowest BCUT2D eigenvalue weighted by Gasteiger charge is -2.18. The van der Waals surface area contributed by atoms with Crippen LogP contribution >= 0.6 is 17.0 Å². The summed E-state index contributed by atoms with van der Waals surface area (Å²) in [5, 5.41) is 0. The minimum atomic E-state index is 0. The van der Waals surface area contributed by atoms with Crippen LogP contribution in [0, 0.1) is 0 Å². The van der Waals surface area contributed by atoms with Crippen molar-refractivity contribution < 1.29 is 9.47 Å². The molecule has 0 radical (unpaired) electrons. The van der Waals surface area contributed by atoms with E-state index in [9.17, 15) is 0 Å². The van der Waals surface area contributed by atoms with E-state index in [4.69, 9.17) is 9.47 Å². The molecule has 0 saturated heterocycles. The molecule has 1 heterocycles. The molecule has 1 aliphatic rings. The second kappa shape index (κ2) is 6.54. The highest BCUT2D eigenvalue weighted by molar-refractivity contribution is 8.93. The Morgan fingerprint density at radius 3 is 2.39 bits per heavy atom. The number of rotatable bonds is 4. The molecule has 0 saturated carbocycles. The Hall–Kier alpha value is -1.36. The van der Waals surface area contributed by atoms with Crippen molar-refractivity contribution in [3.8, 4) is 11.5 Å². The Morgan fingerprint density at radius 1 is 1.11 bits per heavy atom. The number of nitrogens with zero attached hydrogens (tertiary/aromatic N) is 2. The van der Waals surface area contributed by atoms with Gasteiger partial charge in [0, 0.05) is 26.0 Å². The number of halogens is 1. The quantitative estimate of drug-likeness (QED) is 0.852. The Morgan fingerprint density at radius 2 is 1.83 bits per heavy atom. The lowest BCUT2D eigenvalue weighted by molar-refractivity contribution is 0.290. The Balaban J connectivity index is 0.00000162. The van der Waals surface area contributed by atoms with Crippen LogP contribution in [0.1, 0.15) is 5.56 Å². The molecule has 100 valence electrons. The zero-order chi connectivity index (χ0) is 12.3. The van der Waals surface area contributed by atoms with E-state index in [2.05, 4.69) is 35.3 Å². The molecule has 0 atom stereocenters. The van der Waals surface area contributed by atoms with Gasteiger partial charge in [-0.25, -0.2) is 0 Å². The summed E-state index contributed by atoms with van der Waals surface area (Å²) in [6, 6.07) is 6.02. The highest BCUT2D eigenvalue weighted by Gasteiger charge is 2.10. The first-order chi connectivity index (χ1) is 8.22. The minimum absolute atomic E-state index is 0. The normalized spacial score (nSPS) is 13.5. The summed E-state index contributed by atoms with van der Waals surface area (Å²) < 4.78 is 10.5. The van der Waals surface area contributed by atoms with E-state index in [1.807, 2.05) is 12.1 Å². The van der Waals surface area contributed by atoms with Gasteiger partial charge >= 0.3 is 0 Å². The molecule has 0 spiro atoms. The van der Waals surface area contributed by atoms with Gasteiger partial charge in [0.25, 0.3) is 0 Å². The molecule has 5 heteroatoms. The molecule has 1 aromatic rings. The first-order valence-corrected chi connectivity index (χ1v) is 5.56. The van der Waals surface area contributed by atoms with Gasteiger partial charge in [0.15, 0.2) is 11.5 Å². The summed E-state index contributed by atoms with van der Waals surface area (Å²) in [5.41, 5.74) is 1.21. The maximum atomic E-state index is 5.29. The van der Waals surface area contributed by atoms with Crippen LogP contribution < -0.4 is 9.47 Å². The van der Waals surface area contributed by atoms with E-state index in [1.54, 1.807) is 14.2 Å². The summed E-state index contributed by atoms with van der Waals surface area (Å²) >= 11 is 0. The molecule has 0 fully saturated rings. The van der Waals surface area contributed by atoms with E-state index in [0.717, 1.165) is 24.7 Å². The highest BCUT2D eigenvalue weighted by Crippen LogP contribution is 2.28. The molecule has 0 bridgehead atoms. The molecule has 0 aromatic heterocycles. The zero-order valence-electron chi connectivity index (χ0n) is 10.9. The predicted molar refractivity (Wildman–Crippen MR) is 77.2 cm³/mol. The summed E-state index contributed by atoms with van der Waals surface area (Å²) in [7, 11) is 5.37. The van der Waals surface area contributed by atoms with Crippen molar-refractivity contribution in [1.82, 2.24) is 9.80 Å². The van der Waals surface area contributed by atoms with Crippen LogP contribution in [0.15, 0.2) is 30.6 Å². The first kappa shape index (κ1) is 14.7. The molecular formula is C13H19BrN2O2. The topological polar surface area (TPSA) is 24.9 Å². The van der Waals surface area contributed by atoms with Crippen molar-refractivity contribution in [1.29, 1.82) is 0 Å². The zero-order valence-corrected chi connectivity index (χ0v) is 12.6. The second-order valence-corrected chi connectivity index (χ2v) is 4.13. The van der Waals surface area contributed by atoms with Gasteiger partial charge in [-0.3, -0.25) is 0 Å². The Labute approximate surface area is 119 Å². The van der Waals surface area contributed by atoms with E-state index < -0.39 is 0 Å². The smallest absolute Gasteiger partial charge is 0.161 e. The second-order valence-electron chi connectivity index (χ2n) is 4.13. The standard InChI is InChI=1S/C13H18N2O2.BrH/c1-14-6-7-15(10-14)9-11-4-5-12(16-2)13(8-11)17-3;/h4-8H,9-10H2,1-3H3;1H. The van der Waals surface area contributed by atoms with Crippen molar-refractivity contribution in [3.05, 3.63) is 36.2 Å². The van der Waals surface area contributed by atoms with Crippen molar-refractivity contribution in [2.45, 2.75) is 6.54 Å². The molecule has 1 aliphatic heterocycles. The largest absolute Gasteiger partial charge is 0.493 e. The number of hydrogen-bond acceptors (Lipinski definition) is 4. The van der Waals surface area contributed by atoms with E-state index in [-0.39, 0.29) is 17.0 Å².